The smallest absolute Gasteiger partial charge is 0.134 e. The maximum Gasteiger partial charge on any atom is 0.134 e. The summed E-state index contributed by atoms with van der Waals surface area (Å²) in [6.45, 7) is 3.60. The van der Waals surface area contributed by atoms with Crippen molar-refractivity contribution in [3.05, 3.63) is 37.5 Å². The molecule has 13 heavy (non-hydrogen) atoms. The van der Waals surface area contributed by atoms with Gasteiger partial charge in [-0.2, -0.15) is 0 Å². The van der Waals surface area contributed by atoms with E-state index in [4.69, 9.17) is 5.73 Å². The van der Waals surface area contributed by atoms with Crippen LogP contribution in [0, 0.1) is 7.14 Å². The first-order chi connectivity index (χ1) is 6.06. The summed E-state index contributed by atoms with van der Waals surface area (Å²) in [6.07, 6.45) is 1.61. The Bertz CT molecular complexity index is 339. The monoisotopic (exact) mass is 401 g/mol. The topological polar surface area (TPSA) is 46.2 Å². The Morgan fingerprint density at radius 3 is 2.62 bits per heavy atom. The van der Waals surface area contributed by atoms with Crippen molar-refractivity contribution < 1.29 is 5.11 Å². The minimum absolute atomic E-state index is 0.258. The fourth-order valence-electron chi connectivity index (χ4n) is 0.967. The summed E-state index contributed by atoms with van der Waals surface area (Å²) >= 11 is 4.27. The minimum Gasteiger partial charge on any atom is -0.506 e. The second-order valence-corrected chi connectivity index (χ2v) is 4.99. The van der Waals surface area contributed by atoms with Gasteiger partial charge in [-0.3, -0.25) is 0 Å². The van der Waals surface area contributed by atoms with Crippen LogP contribution in [0.3, 0.4) is 0 Å². The van der Waals surface area contributed by atoms with Gasteiger partial charge in [0.1, 0.15) is 5.75 Å². The highest BCUT2D eigenvalue weighted by molar-refractivity contribution is 14.1. The van der Waals surface area contributed by atoms with Crippen molar-refractivity contribution in [3.8, 4) is 5.75 Å². The molecule has 0 aliphatic rings. The fourth-order valence-corrected chi connectivity index (χ4v) is 2.86. The molecule has 0 amide bonds. The van der Waals surface area contributed by atoms with E-state index in [0.29, 0.717) is 0 Å². The van der Waals surface area contributed by atoms with Crippen LogP contribution in [-0.2, 0) is 0 Å². The lowest BCUT2D eigenvalue weighted by molar-refractivity contribution is 0.462. The van der Waals surface area contributed by atoms with Crippen molar-refractivity contribution in [2.45, 2.75) is 6.04 Å². The molecule has 0 saturated carbocycles. The van der Waals surface area contributed by atoms with Gasteiger partial charge in [-0.1, -0.05) is 6.08 Å². The summed E-state index contributed by atoms with van der Waals surface area (Å²) in [5.74, 6) is 0.258. The average molecular weight is 401 g/mol. The van der Waals surface area contributed by atoms with Gasteiger partial charge < -0.3 is 10.8 Å². The van der Waals surface area contributed by atoms with Crippen molar-refractivity contribution in [2.75, 3.05) is 0 Å². The molecule has 0 saturated heterocycles. The third-order valence-electron chi connectivity index (χ3n) is 1.67. The van der Waals surface area contributed by atoms with E-state index in [1.165, 1.54) is 0 Å². The molecule has 0 fully saturated rings. The lowest BCUT2D eigenvalue weighted by Gasteiger charge is -2.10. The molecule has 0 unspecified atom stereocenters. The normalized spacial score (nSPS) is 12.5. The Labute approximate surface area is 104 Å². The summed E-state index contributed by atoms with van der Waals surface area (Å²) in [7, 11) is 0. The third kappa shape index (κ3) is 2.57. The van der Waals surface area contributed by atoms with Crippen LogP contribution in [0.1, 0.15) is 11.6 Å². The fraction of sp³-hybridized carbons (Fsp3) is 0.111. The highest BCUT2D eigenvalue weighted by atomic mass is 127. The van der Waals surface area contributed by atoms with Crippen molar-refractivity contribution in [1.82, 2.24) is 0 Å². The predicted octanol–water partition coefficient (Wildman–Crippen LogP) is 2.79. The summed E-state index contributed by atoms with van der Waals surface area (Å²) in [6, 6.07) is 3.46. The van der Waals surface area contributed by atoms with Gasteiger partial charge in [0, 0.05) is 9.13 Å². The Morgan fingerprint density at radius 2 is 2.08 bits per heavy atom. The van der Waals surface area contributed by atoms with Gasteiger partial charge in [0.2, 0.25) is 0 Å². The molecular weight excluding hydrogens is 392 g/mol. The van der Waals surface area contributed by atoms with Gasteiger partial charge >= 0.3 is 0 Å². The molecule has 3 N–H and O–H groups in total. The molecular formula is C9H9I2NO. The number of benzene rings is 1. The maximum atomic E-state index is 9.68. The quantitative estimate of drug-likeness (QED) is 0.592. The number of rotatable bonds is 2. The molecule has 0 bridgehead atoms. The standard InChI is InChI=1S/C9H9I2NO/c1-2-8(12)6-3-5(10)4-7(11)9(6)13/h2-4,8,13H,1,12H2/t8-/m1/s1. The number of hydrogen-bond donors (Lipinski definition) is 2. The SMILES string of the molecule is C=C[C@@H](N)c1cc(I)cc(I)c1O. The van der Waals surface area contributed by atoms with Crippen LogP contribution >= 0.6 is 45.2 Å². The first-order valence-electron chi connectivity index (χ1n) is 3.62. The molecule has 0 heterocycles. The van der Waals surface area contributed by atoms with Crippen molar-refractivity contribution in [3.63, 3.8) is 0 Å². The van der Waals surface area contributed by atoms with Crippen molar-refractivity contribution in [1.29, 1.82) is 0 Å². The van der Waals surface area contributed by atoms with Crippen molar-refractivity contribution in [2.24, 2.45) is 5.73 Å². The van der Waals surface area contributed by atoms with E-state index in [2.05, 4.69) is 51.8 Å². The Hall–Kier alpha value is 0.180. The molecule has 1 rings (SSSR count). The summed E-state index contributed by atoms with van der Waals surface area (Å²) in [5, 5.41) is 9.68. The predicted molar refractivity (Wildman–Crippen MR) is 70.7 cm³/mol. The molecule has 0 spiro atoms. The van der Waals surface area contributed by atoms with Gasteiger partial charge in [0.25, 0.3) is 0 Å². The van der Waals surface area contributed by atoms with Gasteiger partial charge in [-0.15, -0.1) is 6.58 Å². The Balaban J connectivity index is 3.27. The molecule has 70 valence electrons. The molecule has 1 aromatic rings. The van der Waals surface area contributed by atoms with Crippen LogP contribution in [0.15, 0.2) is 24.8 Å². The van der Waals surface area contributed by atoms with E-state index in [9.17, 15) is 5.11 Å². The second-order valence-electron chi connectivity index (χ2n) is 2.59. The van der Waals surface area contributed by atoms with Gasteiger partial charge in [-0.05, 0) is 57.3 Å². The van der Waals surface area contributed by atoms with E-state index in [-0.39, 0.29) is 11.8 Å². The first-order valence-corrected chi connectivity index (χ1v) is 5.78. The van der Waals surface area contributed by atoms with Crippen molar-refractivity contribution >= 4 is 45.2 Å². The number of phenols is 1. The first kappa shape index (κ1) is 11.3. The molecule has 1 atom stereocenters. The lowest BCUT2D eigenvalue weighted by Crippen LogP contribution is -2.07. The van der Waals surface area contributed by atoms with E-state index < -0.39 is 0 Å². The van der Waals surface area contributed by atoms with Crippen LogP contribution in [0.5, 0.6) is 5.75 Å². The third-order valence-corrected chi connectivity index (χ3v) is 3.12. The van der Waals surface area contributed by atoms with Gasteiger partial charge in [-0.25, -0.2) is 0 Å². The zero-order valence-electron chi connectivity index (χ0n) is 6.80. The molecule has 0 aliphatic carbocycles. The summed E-state index contributed by atoms with van der Waals surface area (Å²) in [4.78, 5) is 0. The molecule has 1 aromatic carbocycles. The zero-order valence-corrected chi connectivity index (χ0v) is 11.1. The molecule has 0 aliphatic heterocycles. The van der Waals surface area contributed by atoms with Crippen LogP contribution in [0.4, 0.5) is 0 Å². The number of hydrogen-bond acceptors (Lipinski definition) is 2. The number of phenolic OH excluding ortho intramolecular Hbond substituents is 1. The second kappa shape index (κ2) is 4.61. The van der Waals surface area contributed by atoms with Crippen LogP contribution in [0.2, 0.25) is 0 Å². The van der Waals surface area contributed by atoms with Crippen LogP contribution in [0.25, 0.3) is 0 Å². The lowest BCUT2D eigenvalue weighted by atomic mass is 10.1. The summed E-state index contributed by atoms with van der Waals surface area (Å²) < 4.78 is 1.88. The molecule has 4 heteroatoms. The number of halogens is 2. The Kier molecular flexibility index (Phi) is 3.99. The Morgan fingerprint density at radius 1 is 1.46 bits per heavy atom. The van der Waals surface area contributed by atoms with Crippen LogP contribution < -0.4 is 5.73 Å². The highest BCUT2D eigenvalue weighted by Gasteiger charge is 2.11. The van der Waals surface area contributed by atoms with E-state index in [1.807, 2.05) is 12.1 Å². The van der Waals surface area contributed by atoms with E-state index in [1.54, 1.807) is 6.08 Å². The summed E-state index contributed by atoms with van der Waals surface area (Å²) in [5.41, 5.74) is 6.48. The molecule has 0 radical (unpaired) electrons. The molecule has 2 nitrogen and oxygen atoms in total. The highest BCUT2D eigenvalue weighted by Crippen LogP contribution is 2.30. The average Bonchev–Trinajstić information content (AvgIpc) is 2.10. The van der Waals surface area contributed by atoms with Crippen LogP contribution in [-0.4, -0.2) is 5.11 Å². The van der Waals surface area contributed by atoms with Gasteiger partial charge in [0.15, 0.2) is 0 Å². The van der Waals surface area contributed by atoms with Gasteiger partial charge in [0.05, 0.1) is 9.61 Å². The number of aromatic hydroxyl groups is 1. The number of nitrogens with two attached hydrogens (primary N) is 1. The van der Waals surface area contributed by atoms with E-state index in [0.717, 1.165) is 12.7 Å². The largest absolute Gasteiger partial charge is 0.506 e. The van der Waals surface area contributed by atoms with E-state index >= 15 is 0 Å². The molecule has 0 aromatic heterocycles. The maximum absolute atomic E-state index is 9.68. The zero-order chi connectivity index (χ0) is 10.0. The minimum atomic E-state index is -0.303.